The van der Waals surface area contributed by atoms with Crippen LogP contribution in [0.25, 0.3) is 10.8 Å². The number of amides is 1. The molecule has 0 fully saturated rings. The minimum Gasteiger partial charge on any atom is -0.440 e. The summed E-state index contributed by atoms with van der Waals surface area (Å²) in [6.45, 7) is 5.87. The summed E-state index contributed by atoms with van der Waals surface area (Å²) >= 11 is 1.54. The molecule has 2 aromatic rings. The van der Waals surface area contributed by atoms with Gasteiger partial charge in [0, 0.05) is 6.54 Å². The minimum absolute atomic E-state index is 0.115. The van der Waals surface area contributed by atoms with Crippen LogP contribution in [0, 0.1) is 12.8 Å². The van der Waals surface area contributed by atoms with Crippen molar-refractivity contribution in [3.05, 3.63) is 29.0 Å². The summed E-state index contributed by atoms with van der Waals surface area (Å²) in [5, 5.41) is 14.3. The molecular formula is C15H20N2O3S. The van der Waals surface area contributed by atoms with Crippen molar-refractivity contribution in [3.8, 4) is 10.8 Å². The number of carbonyl (C=O) groups excluding carboxylic acids is 1. The lowest BCUT2D eigenvalue weighted by atomic mass is 10.1. The number of carbonyl (C=O) groups is 1. The van der Waals surface area contributed by atoms with E-state index in [1.165, 1.54) is 0 Å². The normalized spacial score (nSPS) is 12.6. The van der Waals surface area contributed by atoms with Gasteiger partial charge in [0.25, 0.3) is 0 Å². The van der Waals surface area contributed by atoms with Gasteiger partial charge in [-0.05, 0) is 24.3 Å². The fraction of sp³-hybridized carbons (Fsp3) is 0.467. The number of hydrogen-bond acceptors (Lipinski definition) is 5. The van der Waals surface area contributed by atoms with Gasteiger partial charge in [-0.2, -0.15) is 0 Å². The molecule has 0 aromatic carbocycles. The van der Waals surface area contributed by atoms with Crippen LogP contribution in [0.1, 0.15) is 25.3 Å². The first kappa shape index (κ1) is 15.7. The molecule has 1 amide bonds. The molecule has 0 saturated heterocycles. The number of aryl methyl sites for hydroxylation is 1. The Kier molecular flexibility index (Phi) is 5.14. The summed E-state index contributed by atoms with van der Waals surface area (Å²) in [7, 11) is 0. The molecule has 2 heterocycles. The van der Waals surface area contributed by atoms with Crippen LogP contribution in [0.3, 0.4) is 0 Å². The average Bonchev–Trinajstić information content (AvgIpc) is 3.06. The lowest BCUT2D eigenvalue weighted by molar-refractivity contribution is -0.121. The van der Waals surface area contributed by atoms with Gasteiger partial charge in [-0.25, -0.2) is 4.98 Å². The van der Waals surface area contributed by atoms with Crippen LogP contribution in [-0.4, -0.2) is 28.6 Å². The molecule has 0 aliphatic carbocycles. The van der Waals surface area contributed by atoms with Crippen molar-refractivity contribution < 1.29 is 14.3 Å². The standard InChI is InChI=1S/C15H20N2O3S/c1-9(2)12(18)8-16-14(19)7-11-10(3)20-15(17-11)13-5-4-6-21-13/h4-6,9,12,18H,7-8H2,1-3H3,(H,16,19). The van der Waals surface area contributed by atoms with E-state index in [0.29, 0.717) is 17.3 Å². The number of thiophene rings is 1. The molecule has 0 spiro atoms. The maximum atomic E-state index is 11.9. The largest absolute Gasteiger partial charge is 0.440 e. The number of rotatable bonds is 6. The highest BCUT2D eigenvalue weighted by Crippen LogP contribution is 2.25. The first-order valence-corrected chi connectivity index (χ1v) is 7.80. The Morgan fingerprint density at radius 3 is 2.90 bits per heavy atom. The zero-order chi connectivity index (χ0) is 15.4. The highest BCUT2D eigenvalue weighted by atomic mass is 32.1. The smallest absolute Gasteiger partial charge is 0.236 e. The average molecular weight is 308 g/mol. The third-order valence-electron chi connectivity index (χ3n) is 3.23. The Bertz CT molecular complexity index is 590. The molecule has 114 valence electrons. The van der Waals surface area contributed by atoms with Crippen molar-refractivity contribution in [3.63, 3.8) is 0 Å². The summed E-state index contributed by atoms with van der Waals surface area (Å²) in [5.74, 6) is 1.15. The monoisotopic (exact) mass is 308 g/mol. The molecule has 0 bridgehead atoms. The Labute approximate surface area is 128 Å². The first-order chi connectivity index (χ1) is 9.97. The third-order valence-corrected chi connectivity index (χ3v) is 4.09. The predicted octanol–water partition coefficient (Wildman–Crippen LogP) is 2.39. The zero-order valence-corrected chi connectivity index (χ0v) is 13.2. The first-order valence-electron chi connectivity index (χ1n) is 6.92. The Morgan fingerprint density at radius 1 is 1.52 bits per heavy atom. The Hall–Kier alpha value is -1.66. The van der Waals surface area contributed by atoms with Gasteiger partial charge in [-0.15, -0.1) is 11.3 Å². The van der Waals surface area contributed by atoms with E-state index >= 15 is 0 Å². The van der Waals surface area contributed by atoms with E-state index in [-0.39, 0.29) is 24.8 Å². The number of aliphatic hydroxyl groups excluding tert-OH is 1. The molecule has 6 heteroatoms. The van der Waals surface area contributed by atoms with E-state index in [1.54, 1.807) is 18.3 Å². The van der Waals surface area contributed by atoms with Crippen LogP contribution in [0.15, 0.2) is 21.9 Å². The van der Waals surface area contributed by atoms with Crippen LogP contribution in [0.2, 0.25) is 0 Å². The Morgan fingerprint density at radius 2 is 2.29 bits per heavy atom. The van der Waals surface area contributed by atoms with Crippen molar-refractivity contribution >= 4 is 17.2 Å². The Balaban J connectivity index is 1.95. The van der Waals surface area contributed by atoms with Crippen LogP contribution in [0.4, 0.5) is 0 Å². The van der Waals surface area contributed by atoms with E-state index in [1.807, 2.05) is 31.4 Å². The second kappa shape index (κ2) is 6.87. The van der Waals surface area contributed by atoms with E-state index in [9.17, 15) is 9.90 Å². The van der Waals surface area contributed by atoms with Crippen molar-refractivity contribution in [2.45, 2.75) is 33.3 Å². The number of hydrogen-bond donors (Lipinski definition) is 2. The summed E-state index contributed by atoms with van der Waals surface area (Å²) in [6, 6.07) is 3.86. The molecule has 0 aliphatic rings. The lowest BCUT2D eigenvalue weighted by Crippen LogP contribution is -2.35. The van der Waals surface area contributed by atoms with E-state index in [0.717, 1.165) is 4.88 Å². The topological polar surface area (TPSA) is 75.4 Å². The highest BCUT2D eigenvalue weighted by molar-refractivity contribution is 7.13. The van der Waals surface area contributed by atoms with Gasteiger partial charge >= 0.3 is 0 Å². The fourth-order valence-electron chi connectivity index (χ4n) is 1.77. The predicted molar refractivity (Wildman–Crippen MR) is 82.1 cm³/mol. The number of nitrogens with one attached hydrogen (secondary N) is 1. The molecule has 21 heavy (non-hydrogen) atoms. The van der Waals surface area contributed by atoms with Gasteiger partial charge in [0.15, 0.2) is 0 Å². The molecule has 2 aromatic heterocycles. The van der Waals surface area contributed by atoms with Gasteiger partial charge in [0.2, 0.25) is 11.8 Å². The SMILES string of the molecule is Cc1oc(-c2cccs2)nc1CC(=O)NCC(O)C(C)C. The third kappa shape index (κ3) is 4.15. The van der Waals surface area contributed by atoms with E-state index in [4.69, 9.17) is 4.42 Å². The lowest BCUT2D eigenvalue weighted by Gasteiger charge is -2.14. The van der Waals surface area contributed by atoms with Gasteiger partial charge in [0.05, 0.1) is 23.1 Å². The number of oxazole rings is 1. The van der Waals surface area contributed by atoms with Crippen LogP contribution in [0.5, 0.6) is 0 Å². The number of aliphatic hydroxyl groups is 1. The second-order valence-electron chi connectivity index (χ2n) is 5.29. The van der Waals surface area contributed by atoms with Crippen molar-refractivity contribution in [2.24, 2.45) is 5.92 Å². The molecule has 2 N–H and O–H groups in total. The quantitative estimate of drug-likeness (QED) is 0.859. The van der Waals surface area contributed by atoms with Gasteiger partial charge < -0.3 is 14.8 Å². The summed E-state index contributed by atoms with van der Waals surface area (Å²) < 4.78 is 5.59. The number of aromatic nitrogens is 1. The molecule has 1 atom stereocenters. The van der Waals surface area contributed by atoms with Crippen molar-refractivity contribution in [1.29, 1.82) is 0 Å². The van der Waals surface area contributed by atoms with Crippen LogP contribution < -0.4 is 5.32 Å². The summed E-state index contributed by atoms with van der Waals surface area (Å²) in [4.78, 5) is 17.2. The van der Waals surface area contributed by atoms with E-state index in [2.05, 4.69) is 10.3 Å². The van der Waals surface area contributed by atoms with Gasteiger partial charge in [0.1, 0.15) is 5.76 Å². The number of nitrogens with zero attached hydrogens (tertiary/aromatic N) is 1. The van der Waals surface area contributed by atoms with Gasteiger partial charge in [-0.1, -0.05) is 19.9 Å². The highest BCUT2D eigenvalue weighted by Gasteiger charge is 2.16. The molecular weight excluding hydrogens is 288 g/mol. The maximum Gasteiger partial charge on any atom is 0.236 e. The maximum absolute atomic E-state index is 11.9. The molecule has 2 rings (SSSR count). The van der Waals surface area contributed by atoms with E-state index < -0.39 is 6.10 Å². The molecule has 0 saturated carbocycles. The molecule has 0 radical (unpaired) electrons. The molecule has 0 aliphatic heterocycles. The van der Waals surface area contributed by atoms with Crippen LogP contribution >= 0.6 is 11.3 Å². The summed E-state index contributed by atoms with van der Waals surface area (Å²) in [6.07, 6.45) is -0.375. The molecule has 1 unspecified atom stereocenters. The zero-order valence-electron chi connectivity index (χ0n) is 12.4. The van der Waals surface area contributed by atoms with Crippen molar-refractivity contribution in [1.82, 2.24) is 10.3 Å². The van der Waals surface area contributed by atoms with Crippen molar-refractivity contribution in [2.75, 3.05) is 6.54 Å². The summed E-state index contributed by atoms with van der Waals surface area (Å²) in [5.41, 5.74) is 0.634. The second-order valence-corrected chi connectivity index (χ2v) is 6.24. The van der Waals surface area contributed by atoms with Gasteiger partial charge in [-0.3, -0.25) is 4.79 Å². The molecule has 5 nitrogen and oxygen atoms in total. The fourth-order valence-corrected chi connectivity index (χ4v) is 2.42. The van der Waals surface area contributed by atoms with Crippen LogP contribution in [-0.2, 0) is 11.2 Å². The minimum atomic E-state index is -0.533.